The molecule has 2 heterocycles. The fourth-order valence-corrected chi connectivity index (χ4v) is 3.07. The maximum Gasteiger partial charge on any atom is 0.129 e. The van der Waals surface area contributed by atoms with Crippen molar-refractivity contribution in [2.75, 3.05) is 32.1 Å². The summed E-state index contributed by atoms with van der Waals surface area (Å²) in [5.41, 5.74) is 2.37. The number of rotatable bonds is 4. The Kier molecular flexibility index (Phi) is 4.36. The zero-order valence-corrected chi connectivity index (χ0v) is 12.8. The monoisotopic (exact) mass is 285 g/mol. The van der Waals surface area contributed by atoms with E-state index in [9.17, 15) is 0 Å². The van der Waals surface area contributed by atoms with Crippen molar-refractivity contribution in [2.45, 2.75) is 25.5 Å². The van der Waals surface area contributed by atoms with E-state index in [-0.39, 0.29) is 0 Å². The molecule has 2 aromatic rings. The standard InChI is InChI=1S/C17H23N3O/c1-18-11-13-10-17(19-16-8-4-3-7-15(13)16)20-9-5-6-14(12-20)21-2/h3-4,7-8,10,14,18H,5-6,9,11-12H2,1-2H3. The van der Waals surface area contributed by atoms with Gasteiger partial charge in [0.2, 0.25) is 0 Å². The third-order valence-electron chi connectivity index (χ3n) is 4.19. The first-order chi connectivity index (χ1) is 10.3. The van der Waals surface area contributed by atoms with Crippen LogP contribution in [0.15, 0.2) is 30.3 Å². The summed E-state index contributed by atoms with van der Waals surface area (Å²) in [7, 11) is 3.78. The van der Waals surface area contributed by atoms with Gasteiger partial charge in [0.1, 0.15) is 5.82 Å². The lowest BCUT2D eigenvalue weighted by Crippen LogP contribution is -2.39. The van der Waals surface area contributed by atoms with Crippen LogP contribution < -0.4 is 10.2 Å². The molecule has 21 heavy (non-hydrogen) atoms. The summed E-state index contributed by atoms with van der Waals surface area (Å²) in [6.45, 7) is 2.85. The van der Waals surface area contributed by atoms with Gasteiger partial charge in [0.25, 0.3) is 0 Å². The fourth-order valence-electron chi connectivity index (χ4n) is 3.07. The molecule has 1 aliphatic rings. The van der Waals surface area contributed by atoms with Gasteiger partial charge < -0.3 is 15.0 Å². The lowest BCUT2D eigenvalue weighted by Gasteiger charge is -2.33. The maximum absolute atomic E-state index is 5.53. The molecule has 0 saturated carbocycles. The number of nitrogens with one attached hydrogen (secondary N) is 1. The molecule has 0 radical (unpaired) electrons. The van der Waals surface area contributed by atoms with Crippen LogP contribution in [0, 0.1) is 0 Å². The smallest absolute Gasteiger partial charge is 0.129 e. The quantitative estimate of drug-likeness (QED) is 0.937. The van der Waals surface area contributed by atoms with Gasteiger partial charge in [0.15, 0.2) is 0 Å². The van der Waals surface area contributed by atoms with Crippen molar-refractivity contribution in [1.29, 1.82) is 0 Å². The predicted octanol–water partition coefficient (Wildman–Crippen LogP) is 2.57. The third-order valence-corrected chi connectivity index (χ3v) is 4.19. The van der Waals surface area contributed by atoms with Crippen molar-refractivity contribution in [3.63, 3.8) is 0 Å². The Balaban J connectivity index is 1.98. The van der Waals surface area contributed by atoms with Gasteiger partial charge in [-0.15, -0.1) is 0 Å². The largest absolute Gasteiger partial charge is 0.380 e. The lowest BCUT2D eigenvalue weighted by molar-refractivity contribution is 0.0891. The van der Waals surface area contributed by atoms with Gasteiger partial charge >= 0.3 is 0 Å². The summed E-state index contributed by atoms with van der Waals surface area (Å²) in [6, 6.07) is 10.6. The molecule has 4 nitrogen and oxygen atoms in total. The number of hydrogen-bond donors (Lipinski definition) is 1. The molecule has 0 bridgehead atoms. The summed E-state index contributed by atoms with van der Waals surface area (Å²) in [6.07, 6.45) is 2.62. The molecule has 112 valence electrons. The van der Waals surface area contributed by atoms with Gasteiger partial charge in [-0.05, 0) is 37.6 Å². The van der Waals surface area contributed by atoms with Crippen molar-refractivity contribution in [3.05, 3.63) is 35.9 Å². The number of anilines is 1. The molecule has 1 unspecified atom stereocenters. The number of hydrogen-bond acceptors (Lipinski definition) is 4. The highest BCUT2D eigenvalue weighted by molar-refractivity contribution is 5.84. The Hall–Kier alpha value is -1.65. The van der Waals surface area contributed by atoms with E-state index in [1.165, 1.54) is 10.9 Å². The number of para-hydroxylation sites is 1. The van der Waals surface area contributed by atoms with Gasteiger partial charge in [0.05, 0.1) is 11.6 Å². The Labute approximate surface area is 126 Å². The van der Waals surface area contributed by atoms with Crippen molar-refractivity contribution < 1.29 is 4.74 Å². The number of aromatic nitrogens is 1. The van der Waals surface area contributed by atoms with E-state index in [2.05, 4.69) is 40.5 Å². The van der Waals surface area contributed by atoms with E-state index in [0.717, 1.165) is 43.8 Å². The Morgan fingerprint density at radius 2 is 2.24 bits per heavy atom. The number of pyridine rings is 1. The van der Waals surface area contributed by atoms with Gasteiger partial charge in [-0.2, -0.15) is 0 Å². The summed E-state index contributed by atoms with van der Waals surface area (Å²) < 4.78 is 5.53. The molecule has 1 aliphatic heterocycles. The Morgan fingerprint density at radius 1 is 1.38 bits per heavy atom. The molecule has 0 amide bonds. The van der Waals surface area contributed by atoms with Crippen LogP contribution in [0.5, 0.6) is 0 Å². The number of methoxy groups -OCH3 is 1. The van der Waals surface area contributed by atoms with E-state index in [4.69, 9.17) is 9.72 Å². The van der Waals surface area contributed by atoms with Gasteiger partial charge in [-0.3, -0.25) is 0 Å². The number of nitrogens with zero attached hydrogens (tertiary/aromatic N) is 2. The van der Waals surface area contributed by atoms with E-state index in [1.54, 1.807) is 7.11 Å². The molecule has 4 heteroatoms. The molecule has 0 aliphatic carbocycles. The zero-order valence-electron chi connectivity index (χ0n) is 12.8. The Bertz CT molecular complexity index is 614. The molecule has 1 aromatic carbocycles. The zero-order chi connectivity index (χ0) is 14.7. The highest BCUT2D eigenvalue weighted by Gasteiger charge is 2.21. The minimum absolute atomic E-state index is 0.319. The van der Waals surface area contributed by atoms with Crippen molar-refractivity contribution in [3.8, 4) is 0 Å². The molecule has 1 N–H and O–H groups in total. The molecule has 1 aromatic heterocycles. The summed E-state index contributed by atoms with van der Waals surface area (Å²) in [5.74, 6) is 1.07. The predicted molar refractivity (Wildman–Crippen MR) is 86.8 cm³/mol. The normalized spacial score (nSPS) is 19.1. The second-order valence-electron chi connectivity index (χ2n) is 5.63. The first-order valence-electron chi connectivity index (χ1n) is 7.63. The van der Waals surface area contributed by atoms with Crippen LogP contribution in [0.1, 0.15) is 18.4 Å². The summed E-state index contributed by atoms with van der Waals surface area (Å²) >= 11 is 0. The summed E-state index contributed by atoms with van der Waals surface area (Å²) in [4.78, 5) is 7.20. The van der Waals surface area contributed by atoms with Crippen LogP contribution in [0.2, 0.25) is 0 Å². The van der Waals surface area contributed by atoms with Crippen LogP contribution in [-0.4, -0.2) is 38.3 Å². The van der Waals surface area contributed by atoms with E-state index in [1.807, 2.05) is 7.05 Å². The van der Waals surface area contributed by atoms with E-state index >= 15 is 0 Å². The van der Waals surface area contributed by atoms with Crippen molar-refractivity contribution in [1.82, 2.24) is 10.3 Å². The highest BCUT2D eigenvalue weighted by atomic mass is 16.5. The summed E-state index contributed by atoms with van der Waals surface area (Å²) in [5, 5.41) is 4.49. The number of fused-ring (bicyclic) bond motifs is 1. The van der Waals surface area contributed by atoms with Crippen LogP contribution in [0.4, 0.5) is 5.82 Å². The number of piperidine rings is 1. The number of ether oxygens (including phenoxy) is 1. The highest BCUT2D eigenvalue weighted by Crippen LogP contribution is 2.25. The first-order valence-corrected chi connectivity index (χ1v) is 7.63. The van der Waals surface area contributed by atoms with E-state index in [0.29, 0.717) is 6.10 Å². The SMILES string of the molecule is CNCc1cc(N2CCCC(OC)C2)nc2ccccc12. The molecule has 3 rings (SSSR count). The third kappa shape index (κ3) is 3.01. The van der Waals surface area contributed by atoms with Crippen LogP contribution >= 0.6 is 0 Å². The minimum atomic E-state index is 0.319. The van der Waals surface area contributed by atoms with Gasteiger partial charge in [-0.25, -0.2) is 4.98 Å². The second kappa shape index (κ2) is 6.41. The topological polar surface area (TPSA) is 37.4 Å². The molecule has 1 fully saturated rings. The molecular weight excluding hydrogens is 262 g/mol. The average Bonchev–Trinajstić information content (AvgIpc) is 2.55. The average molecular weight is 285 g/mol. The first kappa shape index (κ1) is 14.3. The van der Waals surface area contributed by atoms with Gasteiger partial charge in [-0.1, -0.05) is 18.2 Å². The van der Waals surface area contributed by atoms with Crippen molar-refractivity contribution >= 4 is 16.7 Å². The van der Waals surface area contributed by atoms with Crippen LogP contribution in [0.25, 0.3) is 10.9 Å². The van der Waals surface area contributed by atoms with Crippen molar-refractivity contribution in [2.24, 2.45) is 0 Å². The van der Waals surface area contributed by atoms with Crippen LogP contribution in [-0.2, 0) is 11.3 Å². The van der Waals surface area contributed by atoms with Crippen LogP contribution in [0.3, 0.4) is 0 Å². The molecule has 1 atom stereocenters. The minimum Gasteiger partial charge on any atom is -0.380 e. The fraction of sp³-hybridized carbons (Fsp3) is 0.471. The molecule has 1 saturated heterocycles. The molecular formula is C17H23N3O. The Morgan fingerprint density at radius 3 is 3.05 bits per heavy atom. The van der Waals surface area contributed by atoms with Gasteiger partial charge in [0, 0.05) is 32.1 Å². The lowest BCUT2D eigenvalue weighted by atomic mass is 10.1. The number of benzene rings is 1. The molecule has 0 spiro atoms. The van der Waals surface area contributed by atoms with E-state index < -0.39 is 0 Å². The second-order valence-corrected chi connectivity index (χ2v) is 5.63. The maximum atomic E-state index is 5.53.